The lowest BCUT2D eigenvalue weighted by Crippen LogP contribution is -2.47. The summed E-state index contributed by atoms with van der Waals surface area (Å²) in [6.45, 7) is 6.70. The molecule has 0 radical (unpaired) electrons. The Kier molecular flexibility index (Phi) is 5.20. The quantitative estimate of drug-likeness (QED) is 0.896. The maximum atomic E-state index is 12.2. The van der Waals surface area contributed by atoms with Crippen molar-refractivity contribution in [1.29, 1.82) is 0 Å². The highest BCUT2D eigenvalue weighted by molar-refractivity contribution is 5.76. The van der Waals surface area contributed by atoms with E-state index in [-0.39, 0.29) is 18.5 Å². The van der Waals surface area contributed by atoms with Gasteiger partial charge in [-0.05, 0) is 38.8 Å². The summed E-state index contributed by atoms with van der Waals surface area (Å²) in [6, 6.07) is 4.58. The van der Waals surface area contributed by atoms with Gasteiger partial charge in [-0.1, -0.05) is 5.21 Å². The molecular weight excluding hydrogens is 304 g/mol. The van der Waals surface area contributed by atoms with E-state index in [1.165, 1.54) is 0 Å². The number of hydrogen-bond acceptors (Lipinski definition) is 5. The van der Waals surface area contributed by atoms with E-state index in [1.807, 2.05) is 12.1 Å². The first-order chi connectivity index (χ1) is 11.6. The van der Waals surface area contributed by atoms with Crippen LogP contribution in [0.3, 0.4) is 0 Å². The maximum absolute atomic E-state index is 12.2. The molecule has 24 heavy (non-hydrogen) atoms. The molecule has 0 spiro atoms. The minimum atomic E-state index is -0.0100. The molecule has 7 nitrogen and oxygen atoms in total. The minimum Gasteiger partial charge on any atom is -0.352 e. The highest BCUT2D eigenvalue weighted by atomic mass is 16.2. The zero-order valence-electron chi connectivity index (χ0n) is 14.2. The molecule has 7 heteroatoms. The number of nitrogens with zero attached hydrogens (tertiary/aromatic N) is 5. The monoisotopic (exact) mass is 328 g/mol. The molecule has 3 heterocycles. The molecule has 1 aliphatic heterocycles. The van der Waals surface area contributed by atoms with Crippen molar-refractivity contribution in [3.05, 3.63) is 30.7 Å². The molecule has 0 atom stereocenters. The Labute approximate surface area is 142 Å². The molecule has 0 saturated carbocycles. The van der Waals surface area contributed by atoms with Crippen LogP contribution in [0.1, 0.15) is 26.7 Å². The van der Waals surface area contributed by atoms with E-state index in [0.717, 1.165) is 37.2 Å². The van der Waals surface area contributed by atoms with Crippen LogP contribution in [0, 0.1) is 0 Å². The van der Waals surface area contributed by atoms with Crippen LogP contribution in [0.25, 0.3) is 11.3 Å². The van der Waals surface area contributed by atoms with Gasteiger partial charge in [0, 0.05) is 43.1 Å². The van der Waals surface area contributed by atoms with Crippen LogP contribution in [0.2, 0.25) is 0 Å². The average molecular weight is 328 g/mol. The molecule has 1 amide bonds. The van der Waals surface area contributed by atoms with Crippen LogP contribution >= 0.6 is 0 Å². The lowest BCUT2D eigenvalue weighted by Gasteiger charge is -2.34. The molecule has 1 saturated heterocycles. The number of amides is 1. The van der Waals surface area contributed by atoms with Crippen LogP contribution < -0.4 is 5.32 Å². The predicted octanol–water partition coefficient (Wildman–Crippen LogP) is 1.33. The minimum absolute atomic E-state index is 0.0100. The lowest BCUT2D eigenvalue weighted by molar-refractivity contribution is -0.122. The van der Waals surface area contributed by atoms with E-state index in [1.54, 1.807) is 23.3 Å². The second-order valence-corrected chi connectivity index (χ2v) is 6.51. The van der Waals surface area contributed by atoms with E-state index in [2.05, 4.69) is 39.4 Å². The van der Waals surface area contributed by atoms with E-state index in [4.69, 9.17) is 0 Å². The zero-order valence-corrected chi connectivity index (χ0v) is 14.2. The predicted molar refractivity (Wildman–Crippen MR) is 91.1 cm³/mol. The Morgan fingerprint density at radius 1 is 1.29 bits per heavy atom. The Morgan fingerprint density at radius 2 is 2.00 bits per heavy atom. The van der Waals surface area contributed by atoms with Gasteiger partial charge in [-0.2, -0.15) is 0 Å². The van der Waals surface area contributed by atoms with Gasteiger partial charge in [-0.3, -0.25) is 9.78 Å². The molecule has 128 valence electrons. The topological polar surface area (TPSA) is 75.9 Å². The normalized spacial score (nSPS) is 16.5. The largest absolute Gasteiger partial charge is 0.352 e. The highest BCUT2D eigenvalue weighted by Gasteiger charge is 2.22. The van der Waals surface area contributed by atoms with Crippen molar-refractivity contribution in [3.63, 3.8) is 0 Å². The van der Waals surface area contributed by atoms with Crippen molar-refractivity contribution in [2.75, 3.05) is 13.1 Å². The summed E-state index contributed by atoms with van der Waals surface area (Å²) in [6.07, 6.45) is 7.22. The molecule has 1 aliphatic rings. The van der Waals surface area contributed by atoms with Crippen LogP contribution in [0.15, 0.2) is 30.7 Å². The van der Waals surface area contributed by atoms with E-state index in [0.29, 0.717) is 6.04 Å². The summed E-state index contributed by atoms with van der Waals surface area (Å²) in [5.41, 5.74) is 1.69. The number of aromatic nitrogens is 4. The molecule has 2 aromatic heterocycles. The van der Waals surface area contributed by atoms with Crippen molar-refractivity contribution >= 4 is 5.91 Å². The number of piperidine rings is 1. The first-order valence-corrected chi connectivity index (χ1v) is 8.46. The van der Waals surface area contributed by atoms with Crippen LogP contribution in [-0.4, -0.2) is 56.0 Å². The number of nitrogens with one attached hydrogen (secondary N) is 1. The summed E-state index contributed by atoms with van der Waals surface area (Å²) in [4.78, 5) is 18.6. The molecule has 0 bridgehead atoms. The van der Waals surface area contributed by atoms with Gasteiger partial charge in [0.05, 0.1) is 6.20 Å². The van der Waals surface area contributed by atoms with Gasteiger partial charge < -0.3 is 10.2 Å². The second kappa shape index (κ2) is 7.53. The van der Waals surface area contributed by atoms with Crippen molar-refractivity contribution in [1.82, 2.24) is 30.2 Å². The van der Waals surface area contributed by atoms with Crippen LogP contribution in [0.5, 0.6) is 0 Å². The number of likely N-dealkylation sites (tertiary alicyclic amines) is 1. The van der Waals surface area contributed by atoms with Crippen molar-refractivity contribution in [2.24, 2.45) is 0 Å². The van der Waals surface area contributed by atoms with Gasteiger partial charge in [0.15, 0.2) is 0 Å². The van der Waals surface area contributed by atoms with Crippen molar-refractivity contribution in [3.8, 4) is 11.3 Å². The SMILES string of the molecule is CC(C)N1CCC(NC(=O)Cn2cc(-c3ccncc3)nn2)CC1. The smallest absolute Gasteiger partial charge is 0.242 e. The molecular formula is C17H24N6O. The number of carbonyl (C=O) groups excluding carboxylic acids is 1. The third-order valence-electron chi connectivity index (χ3n) is 4.45. The standard InChI is InChI=1S/C17H24N6O/c1-13(2)22-9-5-15(6-10-22)19-17(24)12-23-11-16(20-21-23)14-3-7-18-8-4-14/h3-4,7-8,11,13,15H,5-6,9-10,12H2,1-2H3,(H,19,24). The van der Waals surface area contributed by atoms with Crippen molar-refractivity contribution in [2.45, 2.75) is 45.3 Å². The Morgan fingerprint density at radius 3 is 2.67 bits per heavy atom. The van der Waals surface area contributed by atoms with E-state index in [9.17, 15) is 4.79 Å². The van der Waals surface area contributed by atoms with Gasteiger partial charge >= 0.3 is 0 Å². The average Bonchev–Trinajstić information content (AvgIpc) is 3.04. The number of pyridine rings is 1. The van der Waals surface area contributed by atoms with Gasteiger partial charge in [0.25, 0.3) is 0 Å². The molecule has 1 fully saturated rings. The summed E-state index contributed by atoms with van der Waals surface area (Å²) in [5, 5.41) is 11.3. The van der Waals surface area contributed by atoms with Gasteiger partial charge in [0.1, 0.15) is 12.2 Å². The number of rotatable bonds is 5. The molecule has 3 rings (SSSR count). The molecule has 0 aliphatic carbocycles. The Hall–Kier alpha value is -2.28. The zero-order chi connectivity index (χ0) is 16.9. The van der Waals surface area contributed by atoms with Crippen molar-refractivity contribution < 1.29 is 4.79 Å². The molecule has 0 aromatic carbocycles. The van der Waals surface area contributed by atoms with Gasteiger partial charge in [-0.25, -0.2) is 4.68 Å². The van der Waals surface area contributed by atoms with E-state index >= 15 is 0 Å². The fourth-order valence-corrected chi connectivity index (χ4v) is 3.01. The molecule has 2 aromatic rings. The Bertz CT molecular complexity index is 661. The molecule has 1 N–H and O–H groups in total. The number of carbonyl (C=O) groups is 1. The first kappa shape index (κ1) is 16.6. The van der Waals surface area contributed by atoms with Crippen LogP contribution in [0.4, 0.5) is 0 Å². The van der Waals surface area contributed by atoms with E-state index < -0.39 is 0 Å². The summed E-state index contributed by atoms with van der Waals surface area (Å²) in [7, 11) is 0. The molecule has 0 unspecified atom stereocenters. The second-order valence-electron chi connectivity index (χ2n) is 6.51. The first-order valence-electron chi connectivity index (χ1n) is 8.46. The lowest BCUT2D eigenvalue weighted by atomic mass is 10.0. The third kappa shape index (κ3) is 4.17. The summed E-state index contributed by atoms with van der Waals surface area (Å²) < 4.78 is 1.58. The summed E-state index contributed by atoms with van der Waals surface area (Å²) >= 11 is 0. The fraction of sp³-hybridized carbons (Fsp3) is 0.529. The Balaban J connectivity index is 1.50. The highest BCUT2D eigenvalue weighted by Crippen LogP contribution is 2.14. The van der Waals surface area contributed by atoms with Gasteiger partial charge in [-0.15, -0.1) is 5.10 Å². The van der Waals surface area contributed by atoms with Gasteiger partial charge in [0.2, 0.25) is 5.91 Å². The fourth-order valence-electron chi connectivity index (χ4n) is 3.01. The third-order valence-corrected chi connectivity index (χ3v) is 4.45. The summed E-state index contributed by atoms with van der Waals surface area (Å²) in [5.74, 6) is -0.0100. The van der Waals surface area contributed by atoms with Crippen LogP contribution in [-0.2, 0) is 11.3 Å². The maximum Gasteiger partial charge on any atom is 0.242 e. The number of hydrogen-bond donors (Lipinski definition) is 1.